The van der Waals surface area contributed by atoms with Crippen LogP contribution in [0, 0.1) is 0 Å². The van der Waals surface area contributed by atoms with Crippen LogP contribution >= 0.6 is 0 Å². The second kappa shape index (κ2) is 11.5. The van der Waals surface area contributed by atoms with Gasteiger partial charge >= 0.3 is 0 Å². The molecule has 0 aliphatic rings. The molecule has 3 aromatic carbocycles. The zero-order chi connectivity index (χ0) is 26.4. The molecule has 0 fully saturated rings. The molecule has 192 valence electrons. The Hall–Kier alpha value is -4.53. The number of rotatable bonds is 10. The molecule has 1 N–H and O–H groups in total. The zero-order valence-electron chi connectivity index (χ0n) is 21.4. The predicted octanol–water partition coefficient (Wildman–Crippen LogP) is 3.70. The van der Waals surface area contributed by atoms with Crippen LogP contribution in [0.25, 0.3) is 11.0 Å². The maximum atomic E-state index is 13.1. The summed E-state index contributed by atoms with van der Waals surface area (Å²) in [6.07, 6.45) is 0.438. The Morgan fingerprint density at radius 3 is 2.22 bits per heavy atom. The Balaban J connectivity index is 1.50. The third-order valence-electron chi connectivity index (χ3n) is 6.11. The first-order valence-electron chi connectivity index (χ1n) is 11.8. The molecule has 1 heterocycles. The molecular weight excluding hydrogens is 472 g/mol. The van der Waals surface area contributed by atoms with Gasteiger partial charge in [0.2, 0.25) is 11.7 Å². The van der Waals surface area contributed by atoms with Gasteiger partial charge in [0.15, 0.2) is 11.5 Å². The number of fused-ring (bicyclic) bond motifs is 1. The maximum Gasteiger partial charge on any atom is 0.251 e. The highest BCUT2D eigenvalue weighted by Gasteiger charge is 2.19. The summed E-state index contributed by atoms with van der Waals surface area (Å²) in [5, 5.41) is 2.92. The van der Waals surface area contributed by atoms with E-state index < -0.39 is 0 Å². The van der Waals surface area contributed by atoms with Crippen LogP contribution in [0.1, 0.15) is 16.2 Å². The fourth-order valence-corrected chi connectivity index (χ4v) is 4.13. The number of benzene rings is 3. The molecule has 0 radical (unpaired) electrons. The lowest BCUT2D eigenvalue weighted by molar-refractivity contribution is -0.118. The number of carbonyl (C=O) groups is 2. The van der Waals surface area contributed by atoms with E-state index in [1.54, 1.807) is 24.1 Å². The standard InChI is InChI=1S/C28H30N4O5/c1-31(20-10-6-5-7-11-20)26(33)18-32-22-13-9-8-12-21(22)30-25(32)14-15-29-28(34)19-16-23(35-2)27(37-4)24(17-19)36-3/h5-13,16-17H,14-15,18H2,1-4H3,(H,29,34). The minimum absolute atomic E-state index is 0.0722. The summed E-state index contributed by atoms with van der Waals surface area (Å²) in [7, 11) is 6.27. The van der Waals surface area contributed by atoms with E-state index in [2.05, 4.69) is 5.32 Å². The molecule has 0 bridgehead atoms. The van der Waals surface area contributed by atoms with Crippen molar-refractivity contribution in [3.05, 3.63) is 78.1 Å². The molecule has 1 aromatic heterocycles. The number of hydrogen-bond acceptors (Lipinski definition) is 6. The van der Waals surface area contributed by atoms with Gasteiger partial charge in [0.1, 0.15) is 12.4 Å². The molecule has 0 unspecified atom stereocenters. The van der Waals surface area contributed by atoms with Crippen LogP contribution in [0.15, 0.2) is 66.7 Å². The minimum Gasteiger partial charge on any atom is -0.493 e. The molecule has 0 aliphatic heterocycles. The van der Waals surface area contributed by atoms with E-state index in [9.17, 15) is 9.59 Å². The van der Waals surface area contributed by atoms with Gasteiger partial charge in [-0.1, -0.05) is 30.3 Å². The van der Waals surface area contributed by atoms with Crippen LogP contribution in [0.2, 0.25) is 0 Å². The lowest BCUT2D eigenvalue weighted by Gasteiger charge is -2.19. The lowest BCUT2D eigenvalue weighted by Crippen LogP contribution is -2.31. The van der Waals surface area contributed by atoms with Crippen molar-refractivity contribution in [1.82, 2.24) is 14.9 Å². The van der Waals surface area contributed by atoms with Crippen LogP contribution in [0.4, 0.5) is 5.69 Å². The molecule has 4 rings (SSSR count). The Bertz CT molecular complexity index is 1380. The van der Waals surface area contributed by atoms with Crippen molar-refractivity contribution in [1.29, 1.82) is 0 Å². The highest BCUT2D eigenvalue weighted by Crippen LogP contribution is 2.38. The highest BCUT2D eigenvalue weighted by atomic mass is 16.5. The first-order chi connectivity index (χ1) is 18.0. The number of hydrogen-bond donors (Lipinski definition) is 1. The maximum absolute atomic E-state index is 13.1. The van der Waals surface area contributed by atoms with Crippen molar-refractivity contribution < 1.29 is 23.8 Å². The molecule has 0 saturated carbocycles. The van der Waals surface area contributed by atoms with Gasteiger partial charge in [-0.05, 0) is 36.4 Å². The number of ether oxygens (including phenoxy) is 3. The van der Waals surface area contributed by atoms with E-state index in [1.807, 2.05) is 59.2 Å². The number of nitrogens with zero attached hydrogens (tertiary/aromatic N) is 3. The molecule has 0 spiro atoms. The Morgan fingerprint density at radius 2 is 1.57 bits per heavy atom. The number of nitrogens with one attached hydrogen (secondary N) is 1. The number of para-hydroxylation sites is 3. The summed E-state index contributed by atoms with van der Waals surface area (Å²) < 4.78 is 17.9. The average molecular weight is 503 g/mol. The van der Waals surface area contributed by atoms with E-state index in [-0.39, 0.29) is 18.4 Å². The van der Waals surface area contributed by atoms with Gasteiger partial charge in [-0.2, -0.15) is 0 Å². The second-order valence-corrected chi connectivity index (χ2v) is 8.31. The van der Waals surface area contributed by atoms with Gasteiger partial charge in [-0.15, -0.1) is 0 Å². The summed E-state index contributed by atoms with van der Waals surface area (Å²) in [5.74, 6) is 1.56. The molecule has 4 aromatic rings. The fraction of sp³-hybridized carbons (Fsp3) is 0.250. The molecule has 2 amide bonds. The molecule has 0 aliphatic carbocycles. The molecule has 0 atom stereocenters. The van der Waals surface area contributed by atoms with E-state index in [0.29, 0.717) is 41.6 Å². The van der Waals surface area contributed by atoms with Crippen molar-refractivity contribution in [2.45, 2.75) is 13.0 Å². The van der Waals surface area contributed by atoms with Gasteiger partial charge in [0.25, 0.3) is 5.91 Å². The van der Waals surface area contributed by atoms with E-state index >= 15 is 0 Å². The quantitative estimate of drug-likeness (QED) is 0.355. The summed E-state index contributed by atoms with van der Waals surface area (Å²) in [4.78, 5) is 32.4. The Morgan fingerprint density at radius 1 is 0.919 bits per heavy atom. The number of likely N-dealkylation sites (N-methyl/N-ethyl adjacent to an activating group) is 1. The first-order valence-corrected chi connectivity index (χ1v) is 11.8. The summed E-state index contributed by atoms with van der Waals surface area (Å²) in [5.41, 5.74) is 2.85. The van der Waals surface area contributed by atoms with Crippen LogP contribution < -0.4 is 24.4 Å². The second-order valence-electron chi connectivity index (χ2n) is 8.31. The van der Waals surface area contributed by atoms with Crippen molar-refractivity contribution in [3.63, 3.8) is 0 Å². The van der Waals surface area contributed by atoms with Gasteiger partial charge in [0, 0.05) is 31.3 Å². The van der Waals surface area contributed by atoms with E-state index in [0.717, 1.165) is 16.7 Å². The Kier molecular flexibility index (Phi) is 7.92. The monoisotopic (exact) mass is 502 g/mol. The normalized spacial score (nSPS) is 10.7. The highest BCUT2D eigenvalue weighted by molar-refractivity contribution is 5.96. The van der Waals surface area contributed by atoms with E-state index in [1.165, 1.54) is 21.3 Å². The third-order valence-corrected chi connectivity index (χ3v) is 6.11. The summed E-state index contributed by atoms with van der Waals surface area (Å²) in [6, 6.07) is 20.4. The summed E-state index contributed by atoms with van der Waals surface area (Å²) in [6.45, 7) is 0.448. The molecule has 0 saturated heterocycles. The average Bonchev–Trinajstić information content (AvgIpc) is 3.28. The van der Waals surface area contributed by atoms with Gasteiger partial charge in [-0.3, -0.25) is 9.59 Å². The number of amides is 2. The molecular formula is C28H30N4O5. The lowest BCUT2D eigenvalue weighted by atomic mass is 10.1. The first kappa shape index (κ1) is 25.6. The SMILES string of the molecule is COc1cc(C(=O)NCCc2nc3ccccc3n2CC(=O)N(C)c2ccccc2)cc(OC)c1OC. The summed E-state index contributed by atoms with van der Waals surface area (Å²) >= 11 is 0. The number of aromatic nitrogens is 2. The molecule has 37 heavy (non-hydrogen) atoms. The smallest absolute Gasteiger partial charge is 0.251 e. The van der Waals surface area contributed by atoms with Crippen LogP contribution in [-0.4, -0.2) is 56.3 Å². The van der Waals surface area contributed by atoms with Crippen LogP contribution in [0.5, 0.6) is 17.2 Å². The number of imidazole rings is 1. The molecule has 9 nitrogen and oxygen atoms in total. The third kappa shape index (κ3) is 5.50. The van der Waals surface area contributed by atoms with Crippen molar-refractivity contribution in [3.8, 4) is 17.2 Å². The minimum atomic E-state index is -0.290. The zero-order valence-corrected chi connectivity index (χ0v) is 21.4. The molecule has 9 heteroatoms. The van der Waals surface area contributed by atoms with Crippen molar-refractivity contribution in [2.75, 3.05) is 39.8 Å². The fourth-order valence-electron chi connectivity index (χ4n) is 4.13. The van der Waals surface area contributed by atoms with Gasteiger partial charge < -0.3 is 29.0 Å². The van der Waals surface area contributed by atoms with Crippen LogP contribution in [-0.2, 0) is 17.8 Å². The van der Waals surface area contributed by atoms with Gasteiger partial charge in [-0.25, -0.2) is 4.98 Å². The van der Waals surface area contributed by atoms with Crippen LogP contribution in [0.3, 0.4) is 0 Å². The van der Waals surface area contributed by atoms with Crippen molar-refractivity contribution in [2.24, 2.45) is 0 Å². The number of methoxy groups -OCH3 is 3. The largest absolute Gasteiger partial charge is 0.493 e. The topological polar surface area (TPSA) is 94.9 Å². The van der Waals surface area contributed by atoms with Crippen molar-refractivity contribution >= 4 is 28.5 Å². The Labute approximate surface area is 215 Å². The number of carbonyl (C=O) groups excluding carboxylic acids is 2. The number of anilines is 1. The van der Waals surface area contributed by atoms with E-state index in [4.69, 9.17) is 19.2 Å². The van der Waals surface area contributed by atoms with Gasteiger partial charge in [0.05, 0.1) is 32.4 Å². The predicted molar refractivity (Wildman–Crippen MR) is 142 cm³/mol.